The number of halogens is 2. The number of rotatable bonds is 1. The fourth-order valence-electron chi connectivity index (χ4n) is 0.0833. The molecule has 0 spiro atoms. The summed E-state index contributed by atoms with van der Waals surface area (Å²) in [4.78, 5) is 0. The summed E-state index contributed by atoms with van der Waals surface area (Å²) in [6.07, 6.45) is 6.68. The van der Waals surface area contributed by atoms with Crippen molar-refractivity contribution in [1.29, 1.82) is 0 Å². The van der Waals surface area contributed by atoms with Crippen LogP contribution >= 0.6 is 0 Å². The zero-order valence-corrected chi connectivity index (χ0v) is 9.24. The summed E-state index contributed by atoms with van der Waals surface area (Å²) in [5.74, 6) is 0. The van der Waals surface area contributed by atoms with Gasteiger partial charge in [-0.3, -0.25) is 0 Å². The van der Waals surface area contributed by atoms with Crippen molar-refractivity contribution in [2.24, 2.45) is 0 Å². The number of hydrogen-bond donors (Lipinski definition) is 0. The minimum atomic E-state index is 0. The van der Waals surface area contributed by atoms with Crippen molar-refractivity contribution in [2.45, 2.75) is 6.92 Å². The molecule has 0 radical (unpaired) electrons. The Balaban J connectivity index is -0.0000000267. The van der Waals surface area contributed by atoms with Gasteiger partial charge in [-0.25, -0.2) is 0 Å². The van der Waals surface area contributed by atoms with Crippen molar-refractivity contribution in [2.75, 3.05) is 6.61 Å². The SMILES string of the molecule is C#COCC.[Br-].[Br-].[Mg+2]. The summed E-state index contributed by atoms with van der Waals surface area (Å²) in [6, 6.07) is 0. The van der Waals surface area contributed by atoms with Gasteiger partial charge in [0.15, 0.2) is 0 Å². The molecule has 0 saturated heterocycles. The predicted octanol–water partition coefficient (Wildman–Crippen LogP) is -5.76. The molecule has 44 valence electrons. The standard InChI is InChI=1S/C4H6O.2BrH.Mg/c1-3-5-4-2;;;/h1H,4H2,2H3;2*1H;/q;;;+2/p-2. The van der Waals surface area contributed by atoms with Crippen molar-refractivity contribution >= 4 is 23.1 Å². The van der Waals surface area contributed by atoms with Gasteiger partial charge >= 0.3 is 23.1 Å². The van der Waals surface area contributed by atoms with Crippen LogP contribution in [-0.2, 0) is 4.74 Å². The Bertz CT molecular complexity index is 52.5. The van der Waals surface area contributed by atoms with Crippen molar-refractivity contribution in [1.82, 2.24) is 0 Å². The van der Waals surface area contributed by atoms with Gasteiger partial charge in [0.05, 0.1) is 6.61 Å². The molecule has 0 aromatic carbocycles. The van der Waals surface area contributed by atoms with Gasteiger partial charge < -0.3 is 38.7 Å². The summed E-state index contributed by atoms with van der Waals surface area (Å²) < 4.78 is 4.36. The average molecular weight is 254 g/mol. The molecule has 0 amide bonds. The summed E-state index contributed by atoms with van der Waals surface area (Å²) >= 11 is 0. The van der Waals surface area contributed by atoms with Crippen LogP contribution in [0.25, 0.3) is 0 Å². The molecule has 0 atom stereocenters. The zero-order chi connectivity index (χ0) is 4.12. The maximum atomic E-state index is 4.67. The van der Waals surface area contributed by atoms with Crippen LogP contribution in [0, 0.1) is 12.5 Å². The molecule has 4 heteroatoms. The van der Waals surface area contributed by atoms with Gasteiger partial charge in [-0.1, -0.05) is 6.42 Å². The Morgan fingerprint density at radius 3 is 1.88 bits per heavy atom. The van der Waals surface area contributed by atoms with E-state index in [0.29, 0.717) is 6.61 Å². The molecule has 0 aliphatic carbocycles. The Hall–Kier alpha value is 1.09. The average Bonchev–Trinajstić information content (AvgIpc) is 1.41. The van der Waals surface area contributed by atoms with Crippen LogP contribution in [0.15, 0.2) is 0 Å². The topological polar surface area (TPSA) is 9.23 Å². The first-order valence-corrected chi connectivity index (χ1v) is 1.49. The van der Waals surface area contributed by atoms with Gasteiger partial charge in [-0.15, -0.1) is 0 Å². The molecule has 0 bridgehead atoms. The van der Waals surface area contributed by atoms with Crippen molar-refractivity contribution in [3.8, 4) is 12.5 Å². The van der Waals surface area contributed by atoms with Gasteiger partial charge in [0.1, 0.15) is 6.11 Å². The first-order valence-electron chi connectivity index (χ1n) is 1.49. The van der Waals surface area contributed by atoms with Gasteiger partial charge in [0.25, 0.3) is 0 Å². The third kappa shape index (κ3) is 27.6. The molecule has 0 fully saturated rings. The van der Waals surface area contributed by atoms with E-state index >= 15 is 0 Å². The quantitative estimate of drug-likeness (QED) is 0.335. The Morgan fingerprint density at radius 2 is 1.88 bits per heavy atom. The van der Waals surface area contributed by atoms with Crippen LogP contribution in [-0.4, -0.2) is 29.7 Å². The smallest absolute Gasteiger partial charge is 1.00 e. The van der Waals surface area contributed by atoms with Crippen LogP contribution in [0.2, 0.25) is 0 Å². The molecule has 8 heavy (non-hydrogen) atoms. The van der Waals surface area contributed by atoms with E-state index in [1.54, 1.807) is 0 Å². The van der Waals surface area contributed by atoms with E-state index < -0.39 is 0 Å². The van der Waals surface area contributed by atoms with Crippen LogP contribution < -0.4 is 34.0 Å². The van der Waals surface area contributed by atoms with E-state index in [9.17, 15) is 0 Å². The second kappa shape index (κ2) is 24.3. The van der Waals surface area contributed by atoms with E-state index in [2.05, 4.69) is 11.2 Å². The molecule has 0 aromatic rings. The largest absolute Gasteiger partial charge is 2.00 e. The molecule has 0 aliphatic rings. The third-order valence-corrected chi connectivity index (χ3v) is 0.228. The molecule has 0 aromatic heterocycles. The minimum absolute atomic E-state index is 0. The normalized spacial score (nSPS) is 3.50. The van der Waals surface area contributed by atoms with Crippen molar-refractivity contribution in [3.63, 3.8) is 0 Å². The third-order valence-electron chi connectivity index (χ3n) is 0.228. The Kier molecular flexibility index (Phi) is 69.8. The summed E-state index contributed by atoms with van der Waals surface area (Å²) in [7, 11) is 0. The van der Waals surface area contributed by atoms with Crippen LogP contribution in [0.3, 0.4) is 0 Å². The first kappa shape index (κ1) is 23.0. The molecule has 0 rings (SSSR count). The second-order valence-electron chi connectivity index (χ2n) is 0.551. The Labute approximate surface area is 87.2 Å². The van der Waals surface area contributed by atoms with Crippen LogP contribution in [0.5, 0.6) is 0 Å². The number of ether oxygens (including phenoxy) is 1. The van der Waals surface area contributed by atoms with E-state index in [1.807, 2.05) is 13.0 Å². The van der Waals surface area contributed by atoms with Crippen molar-refractivity contribution in [3.05, 3.63) is 0 Å². The van der Waals surface area contributed by atoms with E-state index in [0.717, 1.165) is 0 Å². The summed E-state index contributed by atoms with van der Waals surface area (Å²) in [6.45, 7) is 2.45. The summed E-state index contributed by atoms with van der Waals surface area (Å²) in [5.41, 5.74) is 0. The van der Waals surface area contributed by atoms with E-state index in [1.165, 1.54) is 0 Å². The number of hydrogen-bond acceptors (Lipinski definition) is 1. The maximum Gasteiger partial charge on any atom is 2.00 e. The zero-order valence-electron chi connectivity index (χ0n) is 4.66. The summed E-state index contributed by atoms with van der Waals surface area (Å²) in [5, 5.41) is 0. The van der Waals surface area contributed by atoms with Crippen LogP contribution in [0.4, 0.5) is 0 Å². The fraction of sp³-hybridized carbons (Fsp3) is 0.500. The van der Waals surface area contributed by atoms with Gasteiger partial charge in [-0.05, 0) is 6.92 Å². The molecule has 0 aliphatic heterocycles. The Morgan fingerprint density at radius 1 is 1.50 bits per heavy atom. The maximum absolute atomic E-state index is 4.67. The fourth-order valence-corrected chi connectivity index (χ4v) is 0.0833. The molecule has 0 heterocycles. The second-order valence-corrected chi connectivity index (χ2v) is 0.551. The molecule has 1 nitrogen and oxygen atoms in total. The van der Waals surface area contributed by atoms with E-state index in [4.69, 9.17) is 0 Å². The first-order chi connectivity index (χ1) is 2.41. The minimum Gasteiger partial charge on any atom is -1.00 e. The molecule has 0 saturated carbocycles. The van der Waals surface area contributed by atoms with Crippen LogP contribution in [0.1, 0.15) is 6.92 Å². The molecular formula is C4H6Br2MgO. The van der Waals surface area contributed by atoms with E-state index in [-0.39, 0.29) is 57.0 Å². The molecular weight excluding hydrogens is 248 g/mol. The molecule has 0 N–H and O–H groups in total. The predicted molar refractivity (Wildman–Crippen MR) is 26.2 cm³/mol. The molecule has 0 unspecified atom stereocenters. The van der Waals surface area contributed by atoms with Crippen molar-refractivity contribution < 1.29 is 38.7 Å². The van der Waals surface area contributed by atoms with Gasteiger partial charge in [-0.2, -0.15) is 0 Å². The monoisotopic (exact) mass is 252 g/mol. The van der Waals surface area contributed by atoms with Gasteiger partial charge in [0.2, 0.25) is 0 Å². The number of terminal acetylenes is 1. The van der Waals surface area contributed by atoms with Gasteiger partial charge in [0, 0.05) is 0 Å².